The molecule has 2 rings (SSSR count). The summed E-state index contributed by atoms with van der Waals surface area (Å²) >= 11 is 0. The van der Waals surface area contributed by atoms with E-state index in [2.05, 4.69) is 0 Å². The predicted octanol–water partition coefficient (Wildman–Crippen LogP) is 1.72. The Hall–Kier alpha value is -2.56. The first-order valence-electron chi connectivity index (χ1n) is 5.62. The second kappa shape index (κ2) is 4.97. The molecule has 0 saturated carbocycles. The topological polar surface area (TPSA) is 83.8 Å². The van der Waals surface area contributed by atoms with Crippen molar-refractivity contribution in [3.63, 3.8) is 0 Å². The quantitative estimate of drug-likeness (QED) is 0.861. The number of ether oxygens (including phenoxy) is 1. The standard InChI is InChI=1S/C14H12O5/c15-12(16)11-8-4-5-9-14(11,13(17)18)19-10-6-2-1-3-7-10/h1-9,11H,(H,15,16)(H,17,18). The number of carboxylic acid groups (broad SMARTS) is 2. The molecule has 2 N–H and O–H groups in total. The van der Waals surface area contributed by atoms with Gasteiger partial charge in [0.05, 0.1) is 0 Å². The highest BCUT2D eigenvalue weighted by Gasteiger charge is 2.50. The highest BCUT2D eigenvalue weighted by Crippen LogP contribution is 2.31. The molecule has 0 heterocycles. The summed E-state index contributed by atoms with van der Waals surface area (Å²) in [6.07, 6.45) is 5.52. The molecule has 0 radical (unpaired) electrons. The Balaban J connectivity index is 2.42. The molecule has 0 bridgehead atoms. The highest BCUT2D eigenvalue weighted by molar-refractivity contribution is 5.90. The zero-order valence-electron chi connectivity index (χ0n) is 9.89. The fourth-order valence-electron chi connectivity index (χ4n) is 1.92. The van der Waals surface area contributed by atoms with Crippen LogP contribution in [0, 0.1) is 5.92 Å². The molecule has 1 aliphatic carbocycles. The third-order valence-electron chi connectivity index (χ3n) is 2.85. The van der Waals surface area contributed by atoms with E-state index in [-0.39, 0.29) is 0 Å². The van der Waals surface area contributed by atoms with Crippen LogP contribution in [0.1, 0.15) is 0 Å². The second-order valence-electron chi connectivity index (χ2n) is 4.07. The summed E-state index contributed by atoms with van der Waals surface area (Å²) in [5, 5.41) is 18.6. The van der Waals surface area contributed by atoms with Crippen LogP contribution in [-0.2, 0) is 9.59 Å². The molecule has 98 valence electrons. The van der Waals surface area contributed by atoms with Crippen LogP contribution in [0.15, 0.2) is 54.6 Å². The van der Waals surface area contributed by atoms with E-state index in [1.54, 1.807) is 30.3 Å². The van der Waals surface area contributed by atoms with E-state index in [0.717, 1.165) is 0 Å². The highest BCUT2D eigenvalue weighted by atomic mass is 16.5. The van der Waals surface area contributed by atoms with Crippen LogP contribution in [0.25, 0.3) is 0 Å². The Morgan fingerprint density at radius 2 is 1.79 bits per heavy atom. The number of para-hydroxylation sites is 1. The van der Waals surface area contributed by atoms with Gasteiger partial charge in [-0.05, 0) is 18.2 Å². The number of hydrogen-bond acceptors (Lipinski definition) is 3. The molecule has 5 nitrogen and oxygen atoms in total. The van der Waals surface area contributed by atoms with E-state index in [9.17, 15) is 19.8 Å². The minimum absolute atomic E-state index is 0.302. The van der Waals surface area contributed by atoms with Crippen LogP contribution in [0.4, 0.5) is 0 Å². The number of allylic oxidation sites excluding steroid dienone is 2. The van der Waals surface area contributed by atoms with E-state index in [1.165, 1.54) is 24.3 Å². The van der Waals surface area contributed by atoms with Crippen molar-refractivity contribution in [1.82, 2.24) is 0 Å². The number of benzene rings is 1. The number of carboxylic acids is 2. The van der Waals surface area contributed by atoms with Crippen molar-refractivity contribution in [3.8, 4) is 5.75 Å². The van der Waals surface area contributed by atoms with Gasteiger partial charge in [-0.1, -0.05) is 36.4 Å². The van der Waals surface area contributed by atoms with Crippen LogP contribution >= 0.6 is 0 Å². The molecule has 1 aromatic rings. The molecule has 2 unspecified atom stereocenters. The molecule has 0 aromatic heterocycles. The number of carbonyl (C=O) groups is 2. The Labute approximate surface area is 109 Å². The molecular weight excluding hydrogens is 248 g/mol. The molecule has 0 aliphatic heterocycles. The Morgan fingerprint density at radius 1 is 1.11 bits per heavy atom. The van der Waals surface area contributed by atoms with Gasteiger partial charge < -0.3 is 14.9 Å². The molecule has 5 heteroatoms. The third kappa shape index (κ3) is 2.35. The van der Waals surface area contributed by atoms with Crippen LogP contribution in [0.5, 0.6) is 5.75 Å². The monoisotopic (exact) mass is 260 g/mol. The van der Waals surface area contributed by atoms with Gasteiger partial charge in [0.1, 0.15) is 11.7 Å². The normalized spacial score (nSPS) is 24.9. The lowest BCUT2D eigenvalue weighted by Gasteiger charge is -2.32. The van der Waals surface area contributed by atoms with E-state index in [4.69, 9.17) is 4.74 Å². The van der Waals surface area contributed by atoms with Gasteiger partial charge in [-0.25, -0.2) is 4.79 Å². The maximum Gasteiger partial charge on any atom is 0.353 e. The first kappa shape index (κ1) is 12.9. The fraction of sp³-hybridized carbons (Fsp3) is 0.143. The zero-order valence-corrected chi connectivity index (χ0v) is 9.89. The smallest absolute Gasteiger partial charge is 0.353 e. The molecule has 0 saturated heterocycles. The van der Waals surface area contributed by atoms with Crippen molar-refractivity contribution in [2.24, 2.45) is 5.92 Å². The molecule has 2 atom stereocenters. The summed E-state index contributed by atoms with van der Waals surface area (Å²) in [6, 6.07) is 8.28. The van der Waals surface area contributed by atoms with E-state index < -0.39 is 23.5 Å². The maximum absolute atomic E-state index is 11.5. The summed E-state index contributed by atoms with van der Waals surface area (Å²) < 4.78 is 5.46. The van der Waals surface area contributed by atoms with Crippen molar-refractivity contribution in [2.45, 2.75) is 5.60 Å². The first-order valence-corrected chi connectivity index (χ1v) is 5.62. The Bertz CT molecular complexity index is 546. The van der Waals surface area contributed by atoms with Gasteiger partial charge in [0.15, 0.2) is 0 Å². The number of aliphatic carboxylic acids is 2. The van der Waals surface area contributed by atoms with Gasteiger partial charge >= 0.3 is 11.9 Å². The Morgan fingerprint density at radius 3 is 2.37 bits per heavy atom. The van der Waals surface area contributed by atoms with Gasteiger partial charge in [-0.2, -0.15) is 0 Å². The fourth-order valence-corrected chi connectivity index (χ4v) is 1.92. The van der Waals surface area contributed by atoms with Crippen LogP contribution < -0.4 is 4.74 Å². The zero-order chi connectivity index (χ0) is 13.9. The van der Waals surface area contributed by atoms with Crippen LogP contribution in [-0.4, -0.2) is 27.8 Å². The van der Waals surface area contributed by atoms with Crippen molar-refractivity contribution >= 4 is 11.9 Å². The second-order valence-corrected chi connectivity index (χ2v) is 4.07. The Kier molecular flexibility index (Phi) is 3.37. The third-order valence-corrected chi connectivity index (χ3v) is 2.85. The van der Waals surface area contributed by atoms with Crippen molar-refractivity contribution in [3.05, 3.63) is 54.6 Å². The lowest BCUT2D eigenvalue weighted by Crippen LogP contribution is -2.52. The summed E-state index contributed by atoms with van der Waals surface area (Å²) in [7, 11) is 0. The van der Waals surface area contributed by atoms with E-state index in [0.29, 0.717) is 5.75 Å². The van der Waals surface area contributed by atoms with Crippen molar-refractivity contribution in [1.29, 1.82) is 0 Å². The van der Waals surface area contributed by atoms with Gasteiger partial charge in [-0.3, -0.25) is 4.79 Å². The maximum atomic E-state index is 11.5. The largest absolute Gasteiger partial charge is 0.481 e. The van der Waals surface area contributed by atoms with E-state index in [1.807, 2.05) is 0 Å². The minimum Gasteiger partial charge on any atom is -0.481 e. The summed E-state index contributed by atoms with van der Waals surface area (Å²) in [5.41, 5.74) is -1.93. The van der Waals surface area contributed by atoms with Crippen molar-refractivity contribution < 1.29 is 24.5 Å². The van der Waals surface area contributed by atoms with Gasteiger partial charge in [0.25, 0.3) is 0 Å². The lowest BCUT2D eigenvalue weighted by molar-refractivity contribution is -0.162. The number of hydrogen-bond donors (Lipinski definition) is 2. The number of rotatable bonds is 4. The molecular formula is C14H12O5. The molecule has 0 spiro atoms. The molecule has 1 aliphatic rings. The average Bonchev–Trinajstić information content (AvgIpc) is 2.40. The van der Waals surface area contributed by atoms with Crippen LogP contribution in [0.3, 0.4) is 0 Å². The first-order chi connectivity index (χ1) is 9.06. The van der Waals surface area contributed by atoms with Gasteiger partial charge in [0, 0.05) is 0 Å². The lowest BCUT2D eigenvalue weighted by atomic mass is 9.83. The molecule has 0 amide bonds. The van der Waals surface area contributed by atoms with Gasteiger partial charge in [0.2, 0.25) is 5.60 Å². The summed E-state index contributed by atoms with van der Waals surface area (Å²) in [5.74, 6) is -3.57. The summed E-state index contributed by atoms with van der Waals surface area (Å²) in [6.45, 7) is 0. The molecule has 1 aromatic carbocycles. The summed E-state index contributed by atoms with van der Waals surface area (Å²) in [4.78, 5) is 22.8. The molecule has 0 fully saturated rings. The SMILES string of the molecule is O=C(O)C1C=CC=CC1(Oc1ccccc1)C(=O)O. The average molecular weight is 260 g/mol. The predicted molar refractivity (Wildman–Crippen MR) is 66.8 cm³/mol. The van der Waals surface area contributed by atoms with Crippen LogP contribution in [0.2, 0.25) is 0 Å². The van der Waals surface area contributed by atoms with E-state index >= 15 is 0 Å². The minimum atomic E-state index is -1.93. The van der Waals surface area contributed by atoms with Crippen molar-refractivity contribution in [2.75, 3.05) is 0 Å². The molecule has 19 heavy (non-hydrogen) atoms. The van der Waals surface area contributed by atoms with Gasteiger partial charge in [-0.15, -0.1) is 0 Å².